The lowest BCUT2D eigenvalue weighted by Crippen LogP contribution is -2.22. The Hall–Kier alpha value is -1.01. The number of nitrogens with zero attached hydrogens (tertiary/aromatic N) is 3. The molecule has 0 radical (unpaired) electrons. The minimum absolute atomic E-state index is 0.155. The van der Waals surface area contributed by atoms with Crippen LogP contribution in [0.1, 0.15) is 18.9 Å². The standard InChI is InChI=1S/C11H11BrFN3O/c12-9-4-7(13)5-10-11(9)14-15-16(10)8-2-1-3-17-6-8/h4-5,8H,1-3,6H2. The minimum Gasteiger partial charge on any atom is -0.379 e. The summed E-state index contributed by atoms with van der Waals surface area (Å²) >= 11 is 3.30. The van der Waals surface area contributed by atoms with E-state index in [9.17, 15) is 4.39 Å². The first kappa shape index (κ1) is 11.1. The smallest absolute Gasteiger partial charge is 0.127 e. The van der Waals surface area contributed by atoms with Gasteiger partial charge in [0.25, 0.3) is 0 Å². The molecular formula is C11H11BrFN3O. The first-order valence-electron chi connectivity index (χ1n) is 5.53. The van der Waals surface area contributed by atoms with Gasteiger partial charge in [-0.3, -0.25) is 0 Å². The molecule has 3 rings (SSSR count). The predicted octanol–water partition coefficient (Wildman–Crippen LogP) is 2.68. The lowest BCUT2D eigenvalue weighted by molar-refractivity contribution is 0.0558. The lowest BCUT2D eigenvalue weighted by atomic mass is 10.1. The van der Waals surface area contributed by atoms with Crippen molar-refractivity contribution in [2.75, 3.05) is 13.2 Å². The highest BCUT2D eigenvalue weighted by Crippen LogP contribution is 2.27. The molecule has 0 saturated carbocycles. The molecule has 6 heteroatoms. The summed E-state index contributed by atoms with van der Waals surface area (Å²) < 4.78 is 21.2. The summed E-state index contributed by atoms with van der Waals surface area (Å²) in [5.41, 5.74) is 1.41. The molecule has 1 unspecified atom stereocenters. The summed E-state index contributed by atoms with van der Waals surface area (Å²) in [6.45, 7) is 1.41. The number of halogens is 2. The van der Waals surface area contributed by atoms with Crippen LogP contribution in [0.4, 0.5) is 4.39 Å². The van der Waals surface area contributed by atoms with E-state index in [1.807, 2.05) is 0 Å². The number of hydrogen-bond donors (Lipinski definition) is 0. The quantitative estimate of drug-likeness (QED) is 0.813. The highest BCUT2D eigenvalue weighted by Gasteiger charge is 2.20. The highest BCUT2D eigenvalue weighted by atomic mass is 79.9. The molecule has 4 nitrogen and oxygen atoms in total. The number of benzene rings is 1. The number of fused-ring (bicyclic) bond motifs is 1. The van der Waals surface area contributed by atoms with E-state index < -0.39 is 0 Å². The summed E-state index contributed by atoms with van der Waals surface area (Å²) in [7, 11) is 0. The van der Waals surface area contributed by atoms with Gasteiger partial charge >= 0.3 is 0 Å². The fourth-order valence-corrected chi connectivity index (χ4v) is 2.65. The number of rotatable bonds is 1. The van der Waals surface area contributed by atoms with E-state index in [0.29, 0.717) is 22.1 Å². The van der Waals surface area contributed by atoms with Gasteiger partial charge in [-0.05, 0) is 34.8 Å². The zero-order valence-electron chi connectivity index (χ0n) is 9.07. The molecule has 0 spiro atoms. The number of ether oxygens (including phenoxy) is 1. The van der Waals surface area contributed by atoms with Crippen molar-refractivity contribution < 1.29 is 9.13 Å². The first-order valence-corrected chi connectivity index (χ1v) is 6.32. The van der Waals surface area contributed by atoms with Gasteiger partial charge in [-0.1, -0.05) is 5.21 Å². The van der Waals surface area contributed by atoms with Gasteiger partial charge < -0.3 is 4.74 Å². The van der Waals surface area contributed by atoms with Crippen LogP contribution in [-0.2, 0) is 4.74 Å². The first-order chi connectivity index (χ1) is 8.25. The zero-order chi connectivity index (χ0) is 11.8. The van der Waals surface area contributed by atoms with Gasteiger partial charge in [0.05, 0.1) is 22.6 Å². The number of aromatic nitrogens is 3. The van der Waals surface area contributed by atoms with E-state index in [1.165, 1.54) is 12.1 Å². The fourth-order valence-electron chi connectivity index (χ4n) is 2.15. The van der Waals surface area contributed by atoms with Gasteiger partial charge in [0, 0.05) is 12.7 Å². The van der Waals surface area contributed by atoms with Crippen molar-refractivity contribution in [3.8, 4) is 0 Å². The third-order valence-corrected chi connectivity index (χ3v) is 3.58. The monoisotopic (exact) mass is 299 g/mol. The molecule has 0 N–H and O–H groups in total. The molecular weight excluding hydrogens is 289 g/mol. The van der Waals surface area contributed by atoms with Crippen molar-refractivity contribution in [3.63, 3.8) is 0 Å². The topological polar surface area (TPSA) is 39.9 Å². The van der Waals surface area contributed by atoms with Crippen molar-refractivity contribution >= 4 is 27.0 Å². The Labute approximate surface area is 106 Å². The Bertz CT molecular complexity index is 551. The molecule has 0 bridgehead atoms. The molecule has 0 amide bonds. The van der Waals surface area contributed by atoms with Crippen molar-refractivity contribution in [2.24, 2.45) is 0 Å². The molecule has 17 heavy (non-hydrogen) atoms. The summed E-state index contributed by atoms with van der Waals surface area (Å²) in [5.74, 6) is -0.287. The van der Waals surface area contributed by atoms with Gasteiger partial charge in [-0.2, -0.15) is 0 Å². The second-order valence-electron chi connectivity index (χ2n) is 4.16. The van der Waals surface area contributed by atoms with E-state index >= 15 is 0 Å². The molecule has 0 aliphatic carbocycles. The normalized spacial score (nSPS) is 20.9. The minimum atomic E-state index is -0.287. The van der Waals surface area contributed by atoms with Crippen molar-refractivity contribution in [3.05, 3.63) is 22.4 Å². The Morgan fingerprint density at radius 1 is 1.47 bits per heavy atom. The molecule has 1 fully saturated rings. The molecule has 2 heterocycles. The molecule has 1 aliphatic rings. The Morgan fingerprint density at radius 3 is 3.12 bits per heavy atom. The molecule has 1 aliphatic heterocycles. The molecule has 1 aromatic heterocycles. The van der Waals surface area contributed by atoms with E-state index in [-0.39, 0.29) is 11.9 Å². The predicted molar refractivity (Wildman–Crippen MR) is 64.3 cm³/mol. The molecule has 1 saturated heterocycles. The third kappa shape index (κ3) is 1.95. The third-order valence-electron chi connectivity index (χ3n) is 2.98. The van der Waals surface area contributed by atoms with E-state index in [0.717, 1.165) is 19.4 Å². The van der Waals surface area contributed by atoms with Gasteiger partial charge in [-0.25, -0.2) is 9.07 Å². The van der Waals surface area contributed by atoms with Crippen molar-refractivity contribution in [1.29, 1.82) is 0 Å². The van der Waals surface area contributed by atoms with Gasteiger partial charge in [-0.15, -0.1) is 5.10 Å². The fraction of sp³-hybridized carbons (Fsp3) is 0.455. The molecule has 1 aromatic carbocycles. The average molecular weight is 300 g/mol. The van der Waals surface area contributed by atoms with Gasteiger partial charge in [0.1, 0.15) is 11.3 Å². The van der Waals surface area contributed by atoms with Crippen molar-refractivity contribution in [1.82, 2.24) is 15.0 Å². The Kier molecular flexibility index (Phi) is 2.84. The Morgan fingerprint density at radius 2 is 2.35 bits per heavy atom. The lowest BCUT2D eigenvalue weighted by Gasteiger charge is -2.22. The van der Waals surface area contributed by atoms with Crippen LogP contribution in [0.2, 0.25) is 0 Å². The van der Waals surface area contributed by atoms with Crippen LogP contribution in [0.3, 0.4) is 0 Å². The van der Waals surface area contributed by atoms with Crippen molar-refractivity contribution in [2.45, 2.75) is 18.9 Å². The highest BCUT2D eigenvalue weighted by molar-refractivity contribution is 9.10. The second-order valence-corrected chi connectivity index (χ2v) is 5.01. The summed E-state index contributed by atoms with van der Waals surface area (Å²) in [5, 5.41) is 8.19. The summed E-state index contributed by atoms with van der Waals surface area (Å²) in [6, 6.07) is 3.02. The van der Waals surface area contributed by atoms with E-state index in [4.69, 9.17) is 4.74 Å². The van der Waals surface area contributed by atoms with Crippen LogP contribution in [0.15, 0.2) is 16.6 Å². The summed E-state index contributed by atoms with van der Waals surface area (Å²) in [6.07, 6.45) is 2.00. The maximum atomic E-state index is 13.4. The molecule has 2 aromatic rings. The van der Waals surface area contributed by atoms with E-state index in [1.54, 1.807) is 4.68 Å². The van der Waals surface area contributed by atoms with Crippen LogP contribution in [0.25, 0.3) is 11.0 Å². The molecule has 90 valence electrons. The molecule has 1 atom stereocenters. The van der Waals surface area contributed by atoms with E-state index in [2.05, 4.69) is 26.2 Å². The second kappa shape index (κ2) is 4.34. The Balaban J connectivity index is 2.10. The van der Waals surface area contributed by atoms with Crippen LogP contribution < -0.4 is 0 Å². The average Bonchev–Trinajstić information content (AvgIpc) is 2.74. The number of hydrogen-bond acceptors (Lipinski definition) is 3. The largest absolute Gasteiger partial charge is 0.379 e. The van der Waals surface area contributed by atoms with Gasteiger partial charge in [0.15, 0.2) is 0 Å². The van der Waals surface area contributed by atoms with Crippen LogP contribution in [0, 0.1) is 5.82 Å². The maximum absolute atomic E-state index is 13.4. The summed E-state index contributed by atoms with van der Waals surface area (Å²) in [4.78, 5) is 0. The zero-order valence-corrected chi connectivity index (χ0v) is 10.7. The van der Waals surface area contributed by atoms with Crippen LogP contribution in [0.5, 0.6) is 0 Å². The van der Waals surface area contributed by atoms with Gasteiger partial charge in [0.2, 0.25) is 0 Å². The SMILES string of the molecule is Fc1cc(Br)c2nnn(C3CCCOC3)c2c1. The van der Waals surface area contributed by atoms with Crippen LogP contribution >= 0.6 is 15.9 Å². The van der Waals surface area contributed by atoms with Crippen LogP contribution in [-0.4, -0.2) is 28.2 Å². The maximum Gasteiger partial charge on any atom is 0.127 e.